The van der Waals surface area contributed by atoms with Gasteiger partial charge in [0.05, 0.1) is 34.9 Å². The molecule has 1 aromatic carbocycles. The molecule has 10 nitrogen and oxygen atoms in total. The smallest absolute Gasteiger partial charge is 0.337 e. The van der Waals surface area contributed by atoms with E-state index in [2.05, 4.69) is 21.4 Å². The van der Waals surface area contributed by atoms with Crippen molar-refractivity contribution in [2.24, 2.45) is 0 Å². The first-order valence-electron chi connectivity index (χ1n) is 14.6. The van der Waals surface area contributed by atoms with Crippen molar-refractivity contribution >= 4 is 11.6 Å². The molecule has 0 aliphatic carbocycles. The van der Waals surface area contributed by atoms with Crippen LogP contribution >= 0.6 is 0 Å². The minimum atomic E-state index is -0.974. The van der Waals surface area contributed by atoms with Gasteiger partial charge in [-0.25, -0.2) is 24.1 Å². The van der Waals surface area contributed by atoms with E-state index in [1.165, 1.54) is 6.07 Å². The predicted molar refractivity (Wildman–Crippen MR) is 160 cm³/mol. The number of aromatic nitrogens is 5. The second-order valence-corrected chi connectivity index (χ2v) is 11.0. The van der Waals surface area contributed by atoms with Gasteiger partial charge in [-0.2, -0.15) is 5.26 Å². The Morgan fingerprint density at radius 1 is 1.16 bits per heavy atom. The zero-order chi connectivity index (χ0) is 30.6. The molecule has 1 fully saturated rings. The summed E-state index contributed by atoms with van der Waals surface area (Å²) in [5.41, 5.74) is 5.46. The maximum atomic E-state index is 14.3. The number of rotatable bonds is 10. The van der Waals surface area contributed by atoms with Crippen LogP contribution < -0.4 is 4.74 Å². The minimum Gasteiger partial charge on any atom is -0.478 e. The summed E-state index contributed by atoms with van der Waals surface area (Å²) in [4.78, 5) is 28.0. The fourth-order valence-corrected chi connectivity index (χ4v) is 5.76. The Labute approximate surface area is 254 Å². The molecular formula is C33H32FN7O3. The van der Waals surface area contributed by atoms with E-state index in [1.807, 2.05) is 35.1 Å². The number of benzene rings is 1. The van der Waals surface area contributed by atoms with Crippen LogP contribution in [-0.2, 0) is 26.1 Å². The van der Waals surface area contributed by atoms with Gasteiger partial charge in [-0.15, -0.1) is 0 Å². The summed E-state index contributed by atoms with van der Waals surface area (Å²) in [6, 6.07) is 15.3. The summed E-state index contributed by atoms with van der Waals surface area (Å²) in [5, 5.41) is 18.5. The Bertz CT molecular complexity index is 1850. The quantitative estimate of drug-likeness (QED) is 0.234. The number of carboxylic acid groups (broad SMARTS) is 1. The fourth-order valence-electron chi connectivity index (χ4n) is 5.76. The van der Waals surface area contributed by atoms with E-state index >= 15 is 0 Å². The van der Waals surface area contributed by atoms with E-state index in [0.717, 1.165) is 60.9 Å². The van der Waals surface area contributed by atoms with Gasteiger partial charge in [-0.1, -0.05) is 12.1 Å². The van der Waals surface area contributed by atoms with Crippen LogP contribution in [0.4, 0.5) is 4.39 Å². The van der Waals surface area contributed by atoms with E-state index < -0.39 is 11.8 Å². The Morgan fingerprint density at radius 3 is 2.75 bits per heavy atom. The molecule has 11 heteroatoms. The molecule has 5 aromatic rings. The average Bonchev–Trinajstić information content (AvgIpc) is 3.64. The number of aryl methyl sites for hydroxylation is 1. The molecule has 0 bridgehead atoms. The minimum absolute atomic E-state index is 0.0286. The third kappa shape index (κ3) is 6.16. The lowest BCUT2D eigenvalue weighted by molar-refractivity contribution is 0.0696. The molecule has 0 amide bonds. The molecule has 1 aliphatic rings. The van der Waals surface area contributed by atoms with E-state index in [4.69, 9.17) is 20.0 Å². The number of aromatic carboxylic acids is 1. The topological polar surface area (TPSA) is 122 Å². The number of ether oxygens (including phenoxy) is 1. The van der Waals surface area contributed by atoms with Crippen molar-refractivity contribution in [3.05, 3.63) is 113 Å². The molecule has 1 aliphatic heterocycles. The van der Waals surface area contributed by atoms with Crippen LogP contribution in [0.1, 0.15) is 69.9 Å². The van der Waals surface area contributed by atoms with Gasteiger partial charge in [0.2, 0.25) is 5.88 Å². The predicted octanol–water partition coefficient (Wildman–Crippen LogP) is 5.20. The molecule has 0 atom stereocenters. The first kappa shape index (κ1) is 29.0. The van der Waals surface area contributed by atoms with Crippen molar-refractivity contribution < 1.29 is 19.0 Å². The molecule has 224 valence electrons. The largest absolute Gasteiger partial charge is 0.478 e. The number of piperidine rings is 1. The maximum absolute atomic E-state index is 14.3. The van der Waals surface area contributed by atoms with Gasteiger partial charge in [0, 0.05) is 60.8 Å². The number of imidazole rings is 2. The molecule has 0 unspecified atom stereocenters. The van der Waals surface area contributed by atoms with Gasteiger partial charge in [-0.05, 0) is 63.2 Å². The SMILES string of the molecule is CCn1cncc1Cc1c(CN2CCC(c3cccc(OCc4ccc(C#N)cc4F)n3)CC2)nc2ccc(C(=O)O)cn12. The van der Waals surface area contributed by atoms with E-state index in [1.54, 1.807) is 36.5 Å². The lowest BCUT2D eigenvalue weighted by Gasteiger charge is -2.31. The van der Waals surface area contributed by atoms with Crippen molar-refractivity contribution in [1.82, 2.24) is 28.8 Å². The van der Waals surface area contributed by atoms with Gasteiger partial charge in [0.1, 0.15) is 18.1 Å². The number of pyridine rings is 2. The maximum Gasteiger partial charge on any atom is 0.337 e. The van der Waals surface area contributed by atoms with Crippen molar-refractivity contribution in [3.63, 3.8) is 0 Å². The Morgan fingerprint density at radius 2 is 2.00 bits per heavy atom. The summed E-state index contributed by atoms with van der Waals surface area (Å²) in [6.07, 6.45) is 7.73. The first-order chi connectivity index (χ1) is 21.4. The van der Waals surface area contributed by atoms with Crippen LogP contribution in [0, 0.1) is 17.1 Å². The van der Waals surface area contributed by atoms with Crippen LogP contribution in [0.15, 0.2) is 67.3 Å². The molecule has 6 rings (SSSR count). The summed E-state index contributed by atoms with van der Waals surface area (Å²) < 4.78 is 24.1. The van der Waals surface area contributed by atoms with Gasteiger partial charge in [0.25, 0.3) is 0 Å². The number of hydrogen-bond donors (Lipinski definition) is 1. The third-order valence-corrected chi connectivity index (χ3v) is 8.22. The normalized spacial score (nSPS) is 14.1. The number of hydrogen-bond acceptors (Lipinski definition) is 7. The number of fused-ring (bicyclic) bond motifs is 1. The average molecular weight is 594 g/mol. The highest BCUT2D eigenvalue weighted by Gasteiger charge is 2.25. The van der Waals surface area contributed by atoms with E-state index in [9.17, 15) is 14.3 Å². The number of nitrogens with zero attached hydrogens (tertiary/aromatic N) is 7. The lowest BCUT2D eigenvalue weighted by Crippen LogP contribution is -2.33. The standard InChI is InChI=1S/C33H32FN7O3/c1-2-40-21-36-17-26(40)15-30-29(37-31-9-8-24(33(42)43)18-41(30)31)19-39-12-10-23(11-13-39)28-4-3-5-32(38-28)44-20-25-7-6-22(16-35)14-27(25)34/h3-9,14,17-18,21,23H,2,10-13,15,19-20H2,1H3,(H,42,43). The molecule has 1 N–H and O–H groups in total. The monoisotopic (exact) mass is 593 g/mol. The fraction of sp³-hybridized carbons (Fsp3) is 0.303. The van der Waals surface area contributed by atoms with Gasteiger partial charge < -0.3 is 18.8 Å². The summed E-state index contributed by atoms with van der Waals surface area (Å²) in [6.45, 7) is 5.25. The summed E-state index contributed by atoms with van der Waals surface area (Å²) in [7, 11) is 0. The Balaban J connectivity index is 1.14. The zero-order valence-corrected chi connectivity index (χ0v) is 24.4. The molecule has 0 radical (unpaired) electrons. The molecule has 5 heterocycles. The number of carbonyl (C=O) groups is 1. The Hall–Kier alpha value is -5.08. The second-order valence-electron chi connectivity index (χ2n) is 11.0. The lowest BCUT2D eigenvalue weighted by atomic mass is 9.93. The number of nitriles is 1. The Kier molecular flexibility index (Phi) is 8.34. The van der Waals surface area contributed by atoms with Gasteiger partial charge in [-0.3, -0.25) is 4.90 Å². The number of likely N-dealkylation sites (tertiary alicyclic amines) is 1. The molecular weight excluding hydrogens is 561 g/mol. The number of carboxylic acids is 1. The molecule has 0 saturated carbocycles. The van der Waals surface area contributed by atoms with Crippen molar-refractivity contribution in [2.45, 2.75) is 51.8 Å². The molecule has 0 spiro atoms. The summed E-state index contributed by atoms with van der Waals surface area (Å²) in [5.74, 6) is -0.743. The van der Waals surface area contributed by atoms with Crippen molar-refractivity contribution in [3.8, 4) is 11.9 Å². The van der Waals surface area contributed by atoms with Crippen LogP contribution in [0.2, 0.25) is 0 Å². The molecule has 44 heavy (non-hydrogen) atoms. The highest BCUT2D eigenvalue weighted by molar-refractivity contribution is 5.87. The first-order valence-corrected chi connectivity index (χ1v) is 14.6. The van der Waals surface area contributed by atoms with Crippen LogP contribution in [-0.4, -0.2) is 53.0 Å². The number of halogens is 1. The highest BCUT2D eigenvalue weighted by Crippen LogP contribution is 2.30. The van der Waals surface area contributed by atoms with Crippen LogP contribution in [0.3, 0.4) is 0 Å². The van der Waals surface area contributed by atoms with Crippen molar-refractivity contribution in [1.29, 1.82) is 5.26 Å². The van der Waals surface area contributed by atoms with Gasteiger partial charge >= 0.3 is 5.97 Å². The van der Waals surface area contributed by atoms with E-state index in [0.29, 0.717) is 24.4 Å². The second kappa shape index (κ2) is 12.7. The highest BCUT2D eigenvalue weighted by atomic mass is 19.1. The molecule has 4 aromatic heterocycles. The molecule has 1 saturated heterocycles. The van der Waals surface area contributed by atoms with E-state index in [-0.39, 0.29) is 23.7 Å². The third-order valence-electron chi connectivity index (χ3n) is 8.22. The van der Waals surface area contributed by atoms with Crippen molar-refractivity contribution in [2.75, 3.05) is 13.1 Å². The van der Waals surface area contributed by atoms with Crippen LogP contribution in [0.5, 0.6) is 5.88 Å². The van der Waals surface area contributed by atoms with Gasteiger partial charge in [0.15, 0.2) is 0 Å². The summed E-state index contributed by atoms with van der Waals surface area (Å²) >= 11 is 0. The zero-order valence-electron chi connectivity index (χ0n) is 24.4. The van der Waals surface area contributed by atoms with Crippen LogP contribution in [0.25, 0.3) is 5.65 Å².